The van der Waals surface area contributed by atoms with Crippen molar-refractivity contribution in [3.63, 3.8) is 0 Å². The summed E-state index contributed by atoms with van der Waals surface area (Å²) in [5.41, 5.74) is 3.44. The van der Waals surface area contributed by atoms with Gasteiger partial charge in [0.25, 0.3) is 5.91 Å². The van der Waals surface area contributed by atoms with Crippen molar-refractivity contribution in [2.45, 2.75) is 60.3 Å². The molecule has 6 heteroatoms. The van der Waals surface area contributed by atoms with Crippen molar-refractivity contribution < 1.29 is 14.3 Å². The number of rotatable bonds is 4. The summed E-state index contributed by atoms with van der Waals surface area (Å²) in [6, 6.07) is 4.13. The molecule has 1 aromatic carbocycles. The Balaban J connectivity index is 1.49. The van der Waals surface area contributed by atoms with Gasteiger partial charge < -0.3 is 4.74 Å². The molecule has 1 N–H and O–H groups in total. The Bertz CT molecular complexity index is 874. The number of fused-ring (bicyclic) bond motifs is 1. The first-order chi connectivity index (χ1) is 13.1. The third-order valence-electron chi connectivity index (χ3n) is 5.71. The van der Waals surface area contributed by atoms with Crippen molar-refractivity contribution in [1.82, 2.24) is 4.98 Å². The van der Waals surface area contributed by atoms with Crippen LogP contribution >= 0.6 is 11.3 Å². The van der Waals surface area contributed by atoms with Crippen LogP contribution in [0.5, 0.6) is 0 Å². The van der Waals surface area contributed by atoms with Gasteiger partial charge in [-0.1, -0.05) is 38.2 Å². The second kappa shape index (κ2) is 8.19. The van der Waals surface area contributed by atoms with Crippen LogP contribution in [0.4, 0.5) is 5.13 Å². The molecule has 1 aromatic heterocycles. The molecule has 0 aliphatic heterocycles. The second-order valence-electron chi connectivity index (χ2n) is 9.02. The number of nitrogens with zero attached hydrogens (tertiary/aromatic N) is 1. The maximum atomic E-state index is 12.3. The molecule has 1 aliphatic rings. The molecule has 1 amide bonds. The van der Waals surface area contributed by atoms with E-state index in [1.807, 2.05) is 13.8 Å². The average Bonchev–Trinajstić information content (AvgIpc) is 3.01. The van der Waals surface area contributed by atoms with Gasteiger partial charge in [-0.3, -0.25) is 14.9 Å². The van der Waals surface area contributed by atoms with Gasteiger partial charge in [0.2, 0.25) is 0 Å². The number of benzene rings is 1. The lowest BCUT2D eigenvalue weighted by molar-refractivity contribution is -0.153. The number of thiazole rings is 1. The average molecular weight is 403 g/mol. The first-order valence-corrected chi connectivity index (χ1v) is 10.8. The molecule has 2 aromatic rings. The minimum absolute atomic E-state index is 0.0838. The summed E-state index contributed by atoms with van der Waals surface area (Å²) in [4.78, 5) is 29.0. The van der Waals surface area contributed by atoms with E-state index in [9.17, 15) is 9.59 Å². The van der Waals surface area contributed by atoms with E-state index in [1.54, 1.807) is 0 Å². The maximum absolute atomic E-state index is 12.3. The summed E-state index contributed by atoms with van der Waals surface area (Å²) < 4.78 is 6.32. The van der Waals surface area contributed by atoms with Gasteiger partial charge in [0.05, 0.1) is 16.1 Å². The molecule has 0 spiro atoms. The van der Waals surface area contributed by atoms with Gasteiger partial charge >= 0.3 is 5.97 Å². The van der Waals surface area contributed by atoms with E-state index in [0.717, 1.165) is 41.5 Å². The Morgan fingerprint density at radius 3 is 2.50 bits per heavy atom. The smallest absolute Gasteiger partial charge is 0.309 e. The monoisotopic (exact) mass is 402 g/mol. The Hall–Kier alpha value is -1.95. The number of amides is 1. The Kier molecular flexibility index (Phi) is 6.08. The van der Waals surface area contributed by atoms with Crippen LogP contribution in [-0.4, -0.2) is 23.5 Å². The molecule has 28 heavy (non-hydrogen) atoms. The van der Waals surface area contributed by atoms with Gasteiger partial charge in [0.15, 0.2) is 11.7 Å². The van der Waals surface area contributed by atoms with Crippen LogP contribution in [0.15, 0.2) is 12.1 Å². The largest absolute Gasteiger partial charge is 0.455 e. The number of nitrogens with one attached hydrogen (secondary N) is 1. The zero-order valence-electron chi connectivity index (χ0n) is 17.4. The second-order valence-corrected chi connectivity index (χ2v) is 10.0. The van der Waals surface area contributed by atoms with Crippen molar-refractivity contribution in [3.8, 4) is 0 Å². The number of aromatic nitrogens is 1. The van der Waals surface area contributed by atoms with E-state index < -0.39 is 0 Å². The number of carbonyl (C=O) groups excluding carboxylic acids is 2. The Morgan fingerprint density at radius 1 is 1.18 bits per heavy atom. The molecule has 5 nitrogen and oxygen atoms in total. The lowest BCUT2D eigenvalue weighted by Gasteiger charge is -2.36. The zero-order chi connectivity index (χ0) is 20.5. The minimum atomic E-state index is -0.342. The van der Waals surface area contributed by atoms with Gasteiger partial charge in [-0.2, -0.15) is 0 Å². The lowest BCUT2D eigenvalue weighted by atomic mass is 9.70. The highest BCUT2D eigenvalue weighted by Crippen LogP contribution is 2.40. The van der Waals surface area contributed by atoms with Gasteiger partial charge in [0.1, 0.15) is 0 Å². The Labute approximate surface area is 170 Å². The predicted octanol–water partition coefficient (Wildman–Crippen LogP) is 5.25. The summed E-state index contributed by atoms with van der Waals surface area (Å²) in [5.74, 6) is -0.0334. The highest BCUT2D eigenvalue weighted by molar-refractivity contribution is 7.22. The predicted molar refractivity (Wildman–Crippen MR) is 114 cm³/mol. The molecule has 0 atom stereocenters. The van der Waals surface area contributed by atoms with Crippen LogP contribution in [0.2, 0.25) is 0 Å². The number of aryl methyl sites for hydroxylation is 2. The fraction of sp³-hybridized carbons (Fsp3) is 0.591. The van der Waals surface area contributed by atoms with E-state index in [1.165, 1.54) is 16.9 Å². The molecule has 0 unspecified atom stereocenters. The number of anilines is 1. The van der Waals surface area contributed by atoms with E-state index >= 15 is 0 Å². The minimum Gasteiger partial charge on any atom is -0.455 e. The van der Waals surface area contributed by atoms with Crippen LogP contribution in [0, 0.1) is 31.1 Å². The van der Waals surface area contributed by atoms with Gasteiger partial charge in [-0.15, -0.1) is 0 Å². The van der Waals surface area contributed by atoms with Gasteiger partial charge in [0, 0.05) is 0 Å². The molecule has 1 saturated carbocycles. The molecule has 1 aliphatic carbocycles. The van der Waals surface area contributed by atoms with E-state index in [4.69, 9.17) is 4.74 Å². The summed E-state index contributed by atoms with van der Waals surface area (Å²) in [6.45, 7) is 10.6. The number of hydrogen-bond donors (Lipinski definition) is 1. The van der Waals surface area contributed by atoms with Crippen molar-refractivity contribution in [1.29, 1.82) is 0 Å². The molecule has 0 radical (unpaired) electrons. The summed E-state index contributed by atoms with van der Waals surface area (Å²) >= 11 is 1.44. The van der Waals surface area contributed by atoms with Crippen LogP contribution in [0.25, 0.3) is 10.2 Å². The third-order valence-corrected chi connectivity index (χ3v) is 6.62. The van der Waals surface area contributed by atoms with E-state index in [2.05, 4.69) is 43.2 Å². The van der Waals surface area contributed by atoms with Gasteiger partial charge in [-0.25, -0.2) is 4.98 Å². The number of ether oxygens (including phenoxy) is 1. The van der Waals surface area contributed by atoms with E-state index in [0.29, 0.717) is 11.0 Å². The number of esters is 1. The fourth-order valence-electron chi connectivity index (χ4n) is 4.03. The van der Waals surface area contributed by atoms with Crippen LogP contribution in [0.1, 0.15) is 57.6 Å². The molecular formula is C22H30N2O3S. The lowest BCUT2D eigenvalue weighted by Crippen LogP contribution is -2.31. The molecule has 0 bridgehead atoms. The van der Waals surface area contributed by atoms with Gasteiger partial charge in [-0.05, 0) is 68.1 Å². The Morgan fingerprint density at radius 2 is 1.86 bits per heavy atom. The fourth-order valence-corrected chi connectivity index (χ4v) is 5.09. The summed E-state index contributed by atoms with van der Waals surface area (Å²) in [5, 5.41) is 3.29. The molecule has 152 valence electrons. The standard InChI is InChI=1S/C22H30N2O3S/c1-13-10-14(2)19-17(11-13)28-21(24-19)23-18(25)12-27-20(26)15-6-8-16(9-7-15)22(3,4)5/h10-11,15-16H,6-9,12H2,1-5H3,(H,23,24,25). The number of carbonyl (C=O) groups is 2. The molecule has 1 heterocycles. The van der Waals surface area contributed by atoms with Crippen molar-refractivity contribution >= 4 is 38.6 Å². The SMILES string of the molecule is Cc1cc(C)c2nc(NC(=O)COC(=O)C3CCC(C(C)(C)C)CC3)sc2c1. The molecule has 3 rings (SSSR count). The highest BCUT2D eigenvalue weighted by Gasteiger charge is 2.33. The maximum Gasteiger partial charge on any atom is 0.309 e. The molecule has 1 fully saturated rings. The first-order valence-electron chi connectivity index (χ1n) is 9.98. The van der Waals surface area contributed by atoms with Crippen LogP contribution in [-0.2, 0) is 14.3 Å². The van der Waals surface area contributed by atoms with Crippen molar-refractivity contribution in [3.05, 3.63) is 23.3 Å². The molecule has 0 saturated heterocycles. The topological polar surface area (TPSA) is 68.3 Å². The van der Waals surface area contributed by atoms with Crippen LogP contribution < -0.4 is 5.32 Å². The highest BCUT2D eigenvalue weighted by atomic mass is 32.1. The summed E-state index contributed by atoms with van der Waals surface area (Å²) in [6.07, 6.45) is 3.78. The van der Waals surface area contributed by atoms with Crippen LogP contribution in [0.3, 0.4) is 0 Å². The van der Waals surface area contributed by atoms with Crippen molar-refractivity contribution in [2.75, 3.05) is 11.9 Å². The van der Waals surface area contributed by atoms with Crippen molar-refractivity contribution in [2.24, 2.45) is 17.3 Å². The third kappa shape index (κ3) is 4.90. The molecular weight excluding hydrogens is 372 g/mol. The number of hydrogen-bond acceptors (Lipinski definition) is 5. The first kappa shape index (κ1) is 20.8. The summed E-state index contributed by atoms with van der Waals surface area (Å²) in [7, 11) is 0. The quantitative estimate of drug-likeness (QED) is 0.710. The normalized spacial score (nSPS) is 20.2. The van der Waals surface area contributed by atoms with E-state index in [-0.39, 0.29) is 29.8 Å². The zero-order valence-corrected chi connectivity index (χ0v) is 18.2.